The second-order valence-electron chi connectivity index (χ2n) is 5.28. The first-order valence-electron chi connectivity index (χ1n) is 6.40. The van der Waals surface area contributed by atoms with Crippen molar-refractivity contribution < 1.29 is 5.11 Å². The van der Waals surface area contributed by atoms with Crippen LogP contribution < -0.4 is 5.73 Å². The van der Waals surface area contributed by atoms with Crippen molar-refractivity contribution in [3.05, 3.63) is 0 Å². The molecule has 2 rings (SSSR count). The van der Waals surface area contributed by atoms with E-state index in [1.54, 1.807) is 0 Å². The summed E-state index contributed by atoms with van der Waals surface area (Å²) in [6.45, 7) is 2.53. The van der Waals surface area contributed by atoms with Gasteiger partial charge in [0.25, 0.3) is 0 Å². The number of hydrogen-bond donors (Lipinski definition) is 2. The van der Waals surface area contributed by atoms with Crippen LogP contribution in [0.4, 0.5) is 0 Å². The standard InChI is InChI=1S/C12H24N2O/c13-8-6-12(15)7-9-14(10-12)11-4-2-1-3-5-11/h11,15H,1-10,13H2. The van der Waals surface area contributed by atoms with Crippen LogP contribution in [0.15, 0.2) is 0 Å². The lowest BCUT2D eigenvalue weighted by Gasteiger charge is -2.32. The highest BCUT2D eigenvalue weighted by Gasteiger charge is 2.38. The van der Waals surface area contributed by atoms with Gasteiger partial charge in [0.2, 0.25) is 0 Å². The molecule has 0 spiro atoms. The molecule has 1 aliphatic heterocycles. The summed E-state index contributed by atoms with van der Waals surface area (Å²) >= 11 is 0. The minimum Gasteiger partial charge on any atom is -0.388 e. The van der Waals surface area contributed by atoms with E-state index < -0.39 is 5.60 Å². The van der Waals surface area contributed by atoms with Gasteiger partial charge in [0, 0.05) is 19.1 Å². The Labute approximate surface area is 92.6 Å². The molecule has 0 aromatic carbocycles. The fourth-order valence-corrected chi connectivity index (χ4v) is 3.12. The predicted octanol–water partition coefficient (Wildman–Crippen LogP) is 1.10. The van der Waals surface area contributed by atoms with Gasteiger partial charge in [-0.1, -0.05) is 19.3 Å². The summed E-state index contributed by atoms with van der Waals surface area (Å²) in [6.07, 6.45) is 8.48. The average Bonchev–Trinajstić information content (AvgIpc) is 2.63. The first-order valence-corrected chi connectivity index (χ1v) is 6.40. The molecule has 15 heavy (non-hydrogen) atoms. The largest absolute Gasteiger partial charge is 0.388 e. The molecular weight excluding hydrogens is 188 g/mol. The maximum atomic E-state index is 10.3. The highest BCUT2D eigenvalue weighted by molar-refractivity contribution is 4.93. The molecular formula is C12H24N2O. The Morgan fingerprint density at radius 2 is 2.00 bits per heavy atom. The third-order valence-corrected chi connectivity index (χ3v) is 4.06. The summed E-state index contributed by atoms with van der Waals surface area (Å²) in [5, 5.41) is 10.3. The highest BCUT2D eigenvalue weighted by atomic mass is 16.3. The van der Waals surface area contributed by atoms with Gasteiger partial charge < -0.3 is 10.8 Å². The minimum absolute atomic E-state index is 0.480. The third kappa shape index (κ3) is 2.71. The molecule has 1 heterocycles. The first-order chi connectivity index (χ1) is 7.23. The molecule has 0 radical (unpaired) electrons. The highest BCUT2D eigenvalue weighted by Crippen LogP contribution is 2.30. The minimum atomic E-state index is -0.480. The van der Waals surface area contributed by atoms with E-state index in [9.17, 15) is 5.11 Å². The summed E-state index contributed by atoms with van der Waals surface area (Å²) in [5.41, 5.74) is 5.06. The second kappa shape index (κ2) is 4.81. The van der Waals surface area contributed by atoms with Crippen molar-refractivity contribution in [1.82, 2.24) is 4.90 Å². The van der Waals surface area contributed by atoms with E-state index >= 15 is 0 Å². The Kier molecular flexibility index (Phi) is 3.65. The van der Waals surface area contributed by atoms with Crippen LogP contribution in [0.25, 0.3) is 0 Å². The Hall–Kier alpha value is -0.120. The molecule has 3 nitrogen and oxygen atoms in total. The molecule has 0 amide bonds. The molecule has 0 bridgehead atoms. The van der Waals surface area contributed by atoms with Crippen molar-refractivity contribution >= 4 is 0 Å². The predicted molar refractivity (Wildman–Crippen MR) is 61.7 cm³/mol. The number of β-amino-alcohol motifs (C(OH)–C–C–N with tert-alkyl or cyclic N) is 1. The van der Waals surface area contributed by atoms with Crippen LogP contribution >= 0.6 is 0 Å². The van der Waals surface area contributed by atoms with Gasteiger partial charge in [0.05, 0.1) is 5.60 Å². The molecule has 0 aromatic heterocycles. The van der Waals surface area contributed by atoms with Gasteiger partial charge in [-0.05, 0) is 32.2 Å². The number of nitrogens with zero attached hydrogens (tertiary/aromatic N) is 1. The molecule has 1 saturated carbocycles. The molecule has 1 saturated heterocycles. The maximum absolute atomic E-state index is 10.3. The van der Waals surface area contributed by atoms with E-state index in [1.165, 1.54) is 32.1 Å². The molecule has 1 atom stereocenters. The summed E-state index contributed by atoms with van der Waals surface area (Å²) in [6, 6.07) is 0.741. The fraction of sp³-hybridized carbons (Fsp3) is 1.00. The monoisotopic (exact) mass is 212 g/mol. The van der Waals surface area contributed by atoms with Crippen LogP contribution in [0.1, 0.15) is 44.9 Å². The molecule has 3 heteroatoms. The van der Waals surface area contributed by atoms with Crippen molar-refractivity contribution in [3.8, 4) is 0 Å². The Morgan fingerprint density at radius 1 is 1.27 bits per heavy atom. The van der Waals surface area contributed by atoms with Gasteiger partial charge in [-0.2, -0.15) is 0 Å². The van der Waals surface area contributed by atoms with Crippen LogP contribution in [0.3, 0.4) is 0 Å². The number of likely N-dealkylation sites (tertiary alicyclic amines) is 1. The van der Waals surface area contributed by atoms with Crippen molar-refractivity contribution in [3.63, 3.8) is 0 Å². The lowest BCUT2D eigenvalue weighted by molar-refractivity contribution is 0.0349. The normalized spacial score (nSPS) is 34.8. The summed E-state index contributed by atoms with van der Waals surface area (Å²) < 4.78 is 0. The molecule has 0 aromatic rings. The molecule has 2 fully saturated rings. The van der Waals surface area contributed by atoms with E-state index in [1.807, 2.05) is 0 Å². The van der Waals surface area contributed by atoms with E-state index in [2.05, 4.69) is 4.90 Å². The Bertz CT molecular complexity index is 204. The zero-order chi connectivity index (χ0) is 10.7. The van der Waals surface area contributed by atoms with Crippen LogP contribution in [0.2, 0.25) is 0 Å². The van der Waals surface area contributed by atoms with Crippen molar-refractivity contribution in [2.24, 2.45) is 5.73 Å². The van der Waals surface area contributed by atoms with E-state index in [0.29, 0.717) is 6.54 Å². The molecule has 2 aliphatic rings. The van der Waals surface area contributed by atoms with Gasteiger partial charge in [-0.15, -0.1) is 0 Å². The SMILES string of the molecule is NCCC1(O)CCN(C2CCCCC2)C1. The number of hydrogen-bond acceptors (Lipinski definition) is 3. The molecule has 1 aliphatic carbocycles. The van der Waals surface area contributed by atoms with Crippen LogP contribution in [0, 0.1) is 0 Å². The average molecular weight is 212 g/mol. The van der Waals surface area contributed by atoms with E-state index in [0.717, 1.165) is 32.0 Å². The molecule has 1 unspecified atom stereocenters. The van der Waals surface area contributed by atoms with Crippen LogP contribution in [-0.2, 0) is 0 Å². The topological polar surface area (TPSA) is 49.5 Å². The van der Waals surface area contributed by atoms with Gasteiger partial charge in [0.1, 0.15) is 0 Å². The second-order valence-corrected chi connectivity index (χ2v) is 5.28. The molecule has 88 valence electrons. The Balaban J connectivity index is 1.85. The van der Waals surface area contributed by atoms with Gasteiger partial charge in [-0.3, -0.25) is 4.90 Å². The van der Waals surface area contributed by atoms with Gasteiger partial charge in [-0.25, -0.2) is 0 Å². The van der Waals surface area contributed by atoms with Gasteiger partial charge >= 0.3 is 0 Å². The summed E-state index contributed by atoms with van der Waals surface area (Å²) in [5.74, 6) is 0. The lowest BCUT2D eigenvalue weighted by Crippen LogP contribution is -2.40. The zero-order valence-corrected chi connectivity index (χ0v) is 9.62. The van der Waals surface area contributed by atoms with E-state index in [-0.39, 0.29) is 0 Å². The molecule has 3 N–H and O–H groups in total. The number of rotatable bonds is 3. The fourth-order valence-electron chi connectivity index (χ4n) is 3.12. The third-order valence-electron chi connectivity index (χ3n) is 4.06. The van der Waals surface area contributed by atoms with Crippen molar-refractivity contribution in [2.75, 3.05) is 19.6 Å². The summed E-state index contributed by atoms with van der Waals surface area (Å²) in [7, 11) is 0. The lowest BCUT2D eigenvalue weighted by atomic mass is 9.94. The summed E-state index contributed by atoms with van der Waals surface area (Å²) in [4.78, 5) is 2.49. The van der Waals surface area contributed by atoms with Gasteiger partial charge in [0.15, 0.2) is 0 Å². The quantitative estimate of drug-likeness (QED) is 0.736. The zero-order valence-electron chi connectivity index (χ0n) is 9.62. The Morgan fingerprint density at radius 3 is 2.67 bits per heavy atom. The van der Waals surface area contributed by atoms with Crippen molar-refractivity contribution in [1.29, 1.82) is 0 Å². The van der Waals surface area contributed by atoms with Crippen LogP contribution in [-0.4, -0.2) is 41.3 Å². The van der Waals surface area contributed by atoms with E-state index in [4.69, 9.17) is 5.73 Å². The first kappa shape index (κ1) is 11.4. The number of nitrogens with two attached hydrogens (primary N) is 1. The van der Waals surface area contributed by atoms with Crippen molar-refractivity contribution in [2.45, 2.75) is 56.6 Å². The van der Waals surface area contributed by atoms with Crippen LogP contribution in [0.5, 0.6) is 0 Å². The number of aliphatic hydroxyl groups is 1. The smallest absolute Gasteiger partial charge is 0.0798 e. The maximum Gasteiger partial charge on any atom is 0.0798 e.